The SMILES string of the molecule is CCOC(=O)[C@H]1C(c2ccccc2C)=C(O[Si](CC)(CC)CC)CC[C@@H]1C(=O)OCC. The monoisotopic (exact) mass is 446 g/mol. The van der Waals surface area contributed by atoms with Gasteiger partial charge < -0.3 is 13.9 Å². The minimum absolute atomic E-state index is 0.264. The summed E-state index contributed by atoms with van der Waals surface area (Å²) in [6, 6.07) is 11.0. The summed E-state index contributed by atoms with van der Waals surface area (Å²) in [6.07, 6.45) is 1.15. The number of carbonyl (C=O) groups is 2. The molecular formula is C25H38O5Si. The van der Waals surface area contributed by atoms with Crippen LogP contribution in [0.2, 0.25) is 18.1 Å². The number of ether oxygens (including phenoxy) is 2. The first kappa shape index (κ1) is 25.2. The summed E-state index contributed by atoms with van der Waals surface area (Å²) < 4.78 is 17.7. The van der Waals surface area contributed by atoms with E-state index >= 15 is 0 Å². The molecule has 5 nitrogen and oxygen atoms in total. The molecule has 6 heteroatoms. The molecule has 1 aliphatic rings. The number of hydrogen-bond acceptors (Lipinski definition) is 5. The average Bonchev–Trinajstić information content (AvgIpc) is 2.78. The fraction of sp³-hybridized carbons (Fsp3) is 0.600. The third-order valence-electron chi connectivity index (χ3n) is 6.53. The maximum Gasteiger partial charge on any atom is 0.314 e. The zero-order valence-electron chi connectivity index (χ0n) is 20.0. The molecule has 2 atom stereocenters. The molecule has 1 aliphatic carbocycles. The van der Waals surface area contributed by atoms with Gasteiger partial charge in [-0.25, -0.2) is 0 Å². The Morgan fingerprint density at radius 3 is 2.06 bits per heavy atom. The van der Waals surface area contributed by atoms with E-state index < -0.39 is 20.2 Å². The molecule has 0 aromatic heterocycles. The van der Waals surface area contributed by atoms with Gasteiger partial charge in [-0.2, -0.15) is 0 Å². The standard InChI is InChI=1S/C25H38O5Si/c1-7-28-24(26)20-16-17-21(30-31(9-3,10-4)11-5)22(23(20)25(27)29-8-2)19-15-13-12-14-18(19)6/h12-15,20,23H,7-11,16-17H2,1-6H3/t20-,23+/m0/s1. The number of allylic oxidation sites excluding steroid dienone is 1. The van der Waals surface area contributed by atoms with Gasteiger partial charge in [-0.05, 0) is 56.5 Å². The Hall–Kier alpha value is -2.08. The third-order valence-corrected chi connectivity index (χ3v) is 11.1. The van der Waals surface area contributed by atoms with Crippen LogP contribution in [0.4, 0.5) is 0 Å². The highest BCUT2D eigenvalue weighted by molar-refractivity contribution is 6.73. The van der Waals surface area contributed by atoms with Crippen LogP contribution in [0.25, 0.3) is 5.57 Å². The van der Waals surface area contributed by atoms with E-state index in [0.29, 0.717) is 12.8 Å². The van der Waals surface area contributed by atoms with Gasteiger partial charge in [0.1, 0.15) is 0 Å². The molecule has 0 saturated carbocycles. The number of hydrogen-bond donors (Lipinski definition) is 0. The summed E-state index contributed by atoms with van der Waals surface area (Å²) in [7, 11) is -1.97. The topological polar surface area (TPSA) is 61.8 Å². The van der Waals surface area contributed by atoms with Crippen molar-refractivity contribution in [3.8, 4) is 0 Å². The first-order chi connectivity index (χ1) is 14.9. The first-order valence-electron chi connectivity index (χ1n) is 11.7. The van der Waals surface area contributed by atoms with Gasteiger partial charge in [0.2, 0.25) is 8.32 Å². The molecule has 0 N–H and O–H groups in total. The fourth-order valence-electron chi connectivity index (χ4n) is 4.51. The average molecular weight is 447 g/mol. The smallest absolute Gasteiger partial charge is 0.314 e. The van der Waals surface area contributed by atoms with Gasteiger partial charge in [0.25, 0.3) is 0 Å². The van der Waals surface area contributed by atoms with Crippen molar-refractivity contribution in [2.75, 3.05) is 13.2 Å². The Bertz CT molecular complexity index is 789. The molecule has 0 amide bonds. The van der Waals surface area contributed by atoms with Crippen LogP contribution in [-0.2, 0) is 23.5 Å². The second-order valence-corrected chi connectivity index (χ2v) is 12.8. The lowest BCUT2D eigenvalue weighted by Crippen LogP contribution is -2.40. The predicted molar refractivity (Wildman–Crippen MR) is 126 cm³/mol. The number of carbonyl (C=O) groups excluding carboxylic acids is 2. The van der Waals surface area contributed by atoms with Gasteiger partial charge in [0.05, 0.1) is 30.8 Å². The molecule has 1 aromatic carbocycles. The second-order valence-electron chi connectivity index (χ2n) is 8.12. The maximum absolute atomic E-state index is 13.2. The molecule has 0 unspecified atom stereocenters. The molecule has 0 aliphatic heterocycles. The van der Waals surface area contributed by atoms with Gasteiger partial charge >= 0.3 is 11.9 Å². The lowest BCUT2D eigenvalue weighted by molar-refractivity contribution is -0.158. The van der Waals surface area contributed by atoms with Crippen LogP contribution < -0.4 is 0 Å². The van der Waals surface area contributed by atoms with Crippen molar-refractivity contribution in [3.63, 3.8) is 0 Å². The van der Waals surface area contributed by atoms with Gasteiger partial charge in [0.15, 0.2) is 0 Å². The minimum Gasteiger partial charge on any atom is -0.546 e. The Balaban J connectivity index is 2.71. The van der Waals surface area contributed by atoms with Crippen LogP contribution in [0, 0.1) is 18.8 Å². The first-order valence-corrected chi connectivity index (χ1v) is 14.2. The molecule has 0 heterocycles. The molecule has 31 heavy (non-hydrogen) atoms. The summed E-state index contributed by atoms with van der Waals surface area (Å²) in [6.45, 7) is 12.7. The highest BCUT2D eigenvalue weighted by atomic mass is 28.4. The molecule has 2 rings (SSSR count). The van der Waals surface area contributed by atoms with Crippen molar-refractivity contribution in [1.29, 1.82) is 0 Å². The van der Waals surface area contributed by atoms with Crippen LogP contribution in [0.5, 0.6) is 0 Å². The van der Waals surface area contributed by atoms with Crippen LogP contribution in [0.15, 0.2) is 30.0 Å². The summed E-state index contributed by atoms with van der Waals surface area (Å²) in [5, 5.41) is 0. The summed E-state index contributed by atoms with van der Waals surface area (Å²) in [5.74, 6) is -1.14. The number of benzene rings is 1. The Labute approximate surface area is 188 Å². The summed E-state index contributed by atoms with van der Waals surface area (Å²) >= 11 is 0. The maximum atomic E-state index is 13.2. The molecule has 0 radical (unpaired) electrons. The lowest BCUT2D eigenvalue weighted by Gasteiger charge is -2.38. The van der Waals surface area contributed by atoms with E-state index in [-0.39, 0.29) is 25.2 Å². The minimum atomic E-state index is -1.97. The normalized spacial score (nSPS) is 19.2. The molecule has 1 aromatic rings. The largest absolute Gasteiger partial charge is 0.546 e. The van der Waals surface area contributed by atoms with E-state index in [4.69, 9.17) is 13.9 Å². The molecule has 0 saturated heterocycles. The highest BCUT2D eigenvalue weighted by Crippen LogP contribution is 2.45. The van der Waals surface area contributed by atoms with Crippen LogP contribution in [0.3, 0.4) is 0 Å². The van der Waals surface area contributed by atoms with Crippen molar-refractivity contribution in [1.82, 2.24) is 0 Å². The third kappa shape index (κ3) is 5.59. The molecule has 0 spiro atoms. The lowest BCUT2D eigenvalue weighted by atomic mass is 9.74. The van der Waals surface area contributed by atoms with Gasteiger partial charge in [-0.1, -0.05) is 45.0 Å². The van der Waals surface area contributed by atoms with Crippen LogP contribution >= 0.6 is 0 Å². The van der Waals surface area contributed by atoms with E-state index in [0.717, 1.165) is 40.6 Å². The Kier molecular flexibility index (Phi) is 9.35. The number of aryl methyl sites for hydroxylation is 1. The van der Waals surface area contributed by atoms with Crippen molar-refractivity contribution >= 4 is 25.8 Å². The van der Waals surface area contributed by atoms with Gasteiger partial charge in [-0.15, -0.1) is 0 Å². The fourth-order valence-corrected chi connectivity index (χ4v) is 7.17. The Morgan fingerprint density at radius 1 is 0.935 bits per heavy atom. The number of rotatable bonds is 10. The van der Waals surface area contributed by atoms with E-state index in [9.17, 15) is 9.59 Å². The van der Waals surface area contributed by atoms with Gasteiger partial charge in [0, 0.05) is 12.0 Å². The molecule has 0 fully saturated rings. The van der Waals surface area contributed by atoms with E-state index in [1.54, 1.807) is 13.8 Å². The van der Waals surface area contributed by atoms with E-state index in [1.165, 1.54) is 0 Å². The van der Waals surface area contributed by atoms with Crippen LogP contribution in [-0.4, -0.2) is 33.5 Å². The second kappa shape index (κ2) is 11.5. The summed E-state index contributed by atoms with van der Waals surface area (Å²) in [4.78, 5) is 26.1. The molecular weight excluding hydrogens is 408 g/mol. The van der Waals surface area contributed by atoms with Crippen LogP contribution in [0.1, 0.15) is 58.6 Å². The van der Waals surface area contributed by atoms with Crippen molar-refractivity contribution in [3.05, 3.63) is 41.2 Å². The van der Waals surface area contributed by atoms with Crippen molar-refractivity contribution < 1.29 is 23.5 Å². The van der Waals surface area contributed by atoms with Gasteiger partial charge in [-0.3, -0.25) is 9.59 Å². The van der Waals surface area contributed by atoms with Crippen molar-refractivity contribution in [2.45, 2.75) is 72.5 Å². The number of esters is 2. The summed E-state index contributed by atoms with van der Waals surface area (Å²) in [5.41, 5.74) is 2.82. The zero-order chi connectivity index (χ0) is 23.0. The quantitative estimate of drug-likeness (QED) is 0.332. The highest BCUT2D eigenvalue weighted by Gasteiger charge is 2.45. The molecule has 172 valence electrons. The van der Waals surface area contributed by atoms with E-state index in [1.807, 2.05) is 31.2 Å². The van der Waals surface area contributed by atoms with E-state index in [2.05, 4.69) is 20.8 Å². The zero-order valence-corrected chi connectivity index (χ0v) is 21.0. The predicted octanol–water partition coefficient (Wildman–Crippen LogP) is 5.88. The Morgan fingerprint density at radius 2 is 1.52 bits per heavy atom. The van der Waals surface area contributed by atoms with Crippen molar-refractivity contribution in [2.24, 2.45) is 11.8 Å². The molecule has 0 bridgehead atoms.